The highest BCUT2D eigenvalue weighted by molar-refractivity contribution is 5.97. The van der Waals surface area contributed by atoms with E-state index < -0.39 is 0 Å². The van der Waals surface area contributed by atoms with E-state index >= 15 is 0 Å². The number of rotatable bonds is 3. The molecule has 0 bridgehead atoms. The van der Waals surface area contributed by atoms with Gasteiger partial charge in [0.25, 0.3) is 5.91 Å². The zero-order valence-corrected chi connectivity index (χ0v) is 21.9. The Bertz CT molecular complexity index is 820. The Morgan fingerprint density at radius 1 is 0.857 bits per heavy atom. The number of ether oxygens (including phenoxy) is 1. The van der Waals surface area contributed by atoms with Gasteiger partial charge in [-0.25, -0.2) is 0 Å². The van der Waals surface area contributed by atoms with Crippen LogP contribution in [0.15, 0.2) is 24.3 Å². The van der Waals surface area contributed by atoms with Crippen molar-refractivity contribution in [2.45, 2.75) is 115 Å². The first-order chi connectivity index (χ1) is 17.2. The van der Waals surface area contributed by atoms with Gasteiger partial charge in [0.1, 0.15) is 11.9 Å². The van der Waals surface area contributed by atoms with Crippen molar-refractivity contribution in [3.8, 4) is 5.75 Å². The van der Waals surface area contributed by atoms with Crippen molar-refractivity contribution >= 4 is 11.8 Å². The SMILES string of the molecule is CCCN1CCCCCCCN(C(=O)C2CCCCC2)[C@@H]2CCCC[C@@H]2Oc2ccccc2C1=O. The molecule has 1 aromatic carbocycles. The van der Waals surface area contributed by atoms with E-state index in [4.69, 9.17) is 4.74 Å². The summed E-state index contributed by atoms with van der Waals surface area (Å²) in [6.07, 6.45) is 16.4. The van der Waals surface area contributed by atoms with E-state index in [9.17, 15) is 9.59 Å². The number of carbonyl (C=O) groups is 2. The number of benzene rings is 1. The molecule has 4 rings (SSSR count). The summed E-state index contributed by atoms with van der Waals surface area (Å²) in [5, 5.41) is 0. The molecule has 0 aromatic heterocycles. The molecule has 0 saturated heterocycles. The van der Waals surface area contributed by atoms with Crippen molar-refractivity contribution in [3.63, 3.8) is 0 Å². The summed E-state index contributed by atoms with van der Waals surface area (Å²) in [6, 6.07) is 7.89. The predicted molar refractivity (Wildman–Crippen MR) is 141 cm³/mol. The molecule has 194 valence electrons. The van der Waals surface area contributed by atoms with Crippen LogP contribution in [0.4, 0.5) is 0 Å². The molecule has 1 aliphatic heterocycles. The van der Waals surface area contributed by atoms with E-state index in [1.54, 1.807) is 0 Å². The molecule has 2 atom stereocenters. The molecule has 2 saturated carbocycles. The van der Waals surface area contributed by atoms with Gasteiger partial charge < -0.3 is 14.5 Å². The molecule has 5 nitrogen and oxygen atoms in total. The average Bonchev–Trinajstić information content (AvgIpc) is 2.90. The van der Waals surface area contributed by atoms with Crippen LogP contribution in [0.2, 0.25) is 0 Å². The lowest BCUT2D eigenvalue weighted by atomic mass is 9.85. The Morgan fingerprint density at radius 2 is 1.51 bits per heavy atom. The van der Waals surface area contributed by atoms with Gasteiger partial charge in [0.05, 0.1) is 11.6 Å². The third-order valence-corrected chi connectivity index (χ3v) is 8.31. The summed E-state index contributed by atoms with van der Waals surface area (Å²) in [7, 11) is 0. The molecular weight excluding hydrogens is 436 g/mol. The van der Waals surface area contributed by atoms with Crippen LogP contribution in [0.5, 0.6) is 5.75 Å². The highest BCUT2D eigenvalue weighted by Crippen LogP contribution is 2.33. The van der Waals surface area contributed by atoms with Crippen molar-refractivity contribution in [3.05, 3.63) is 29.8 Å². The van der Waals surface area contributed by atoms with Crippen LogP contribution >= 0.6 is 0 Å². The Morgan fingerprint density at radius 3 is 2.31 bits per heavy atom. The van der Waals surface area contributed by atoms with Crippen LogP contribution < -0.4 is 4.74 Å². The molecular formula is C30H46N2O3. The van der Waals surface area contributed by atoms with Crippen LogP contribution in [-0.2, 0) is 4.79 Å². The number of amides is 2. The third kappa shape index (κ3) is 6.80. The summed E-state index contributed by atoms with van der Waals surface area (Å²) in [4.78, 5) is 31.7. The standard InChI is InChI=1S/C30H46N2O3/c1-2-21-31-22-13-4-3-5-14-23-32(29(33)24-15-7-6-8-16-24)26-18-10-12-20-28(26)35-27-19-11-9-17-25(27)30(31)34/h9,11,17,19,24,26,28H,2-8,10,12-16,18,20-23H2,1H3/t26-,28+/m1/s1. The maximum atomic E-state index is 13.8. The minimum Gasteiger partial charge on any atom is -0.487 e. The number of fused-ring (bicyclic) bond motifs is 2. The topological polar surface area (TPSA) is 49.9 Å². The summed E-state index contributed by atoms with van der Waals surface area (Å²) >= 11 is 0. The molecule has 5 heteroatoms. The lowest BCUT2D eigenvalue weighted by Gasteiger charge is -2.42. The maximum absolute atomic E-state index is 13.8. The summed E-state index contributed by atoms with van der Waals surface area (Å²) < 4.78 is 6.70. The number of nitrogens with zero attached hydrogens (tertiary/aromatic N) is 2. The van der Waals surface area contributed by atoms with Gasteiger partial charge in [0.2, 0.25) is 5.91 Å². The molecule has 0 radical (unpaired) electrons. The van der Waals surface area contributed by atoms with E-state index in [1.807, 2.05) is 29.2 Å². The van der Waals surface area contributed by atoms with E-state index in [1.165, 1.54) is 25.7 Å². The van der Waals surface area contributed by atoms with E-state index in [0.717, 1.165) is 90.3 Å². The van der Waals surface area contributed by atoms with Crippen molar-refractivity contribution in [1.29, 1.82) is 0 Å². The molecule has 1 aromatic rings. The molecule has 2 aliphatic carbocycles. The van der Waals surface area contributed by atoms with Gasteiger partial charge >= 0.3 is 0 Å². The first-order valence-electron chi connectivity index (χ1n) is 14.5. The Labute approximate surface area is 212 Å². The fourth-order valence-corrected chi connectivity index (χ4v) is 6.37. The fraction of sp³-hybridized carbons (Fsp3) is 0.733. The summed E-state index contributed by atoms with van der Waals surface area (Å²) in [5.41, 5.74) is 0.672. The number of carbonyl (C=O) groups excluding carboxylic acids is 2. The number of hydrogen-bond donors (Lipinski definition) is 0. The van der Waals surface area contributed by atoms with Gasteiger partial charge in [0, 0.05) is 25.6 Å². The highest BCUT2D eigenvalue weighted by Gasteiger charge is 2.37. The Kier molecular flexibility index (Phi) is 9.91. The molecule has 3 aliphatic rings. The van der Waals surface area contributed by atoms with Gasteiger partial charge in [-0.05, 0) is 63.5 Å². The molecule has 0 unspecified atom stereocenters. The van der Waals surface area contributed by atoms with E-state index in [0.29, 0.717) is 17.2 Å². The minimum absolute atomic E-state index is 0.0463. The normalized spacial score (nSPS) is 25.6. The number of para-hydroxylation sites is 1. The van der Waals surface area contributed by atoms with Gasteiger partial charge in [-0.2, -0.15) is 0 Å². The Hall–Kier alpha value is -2.04. The van der Waals surface area contributed by atoms with Crippen molar-refractivity contribution in [1.82, 2.24) is 9.80 Å². The molecule has 2 amide bonds. The molecule has 0 spiro atoms. The van der Waals surface area contributed by atoms with Crippen molar-refractivity contribution in [2.75, 3.05) is 19.6 Å². The summed E-state index contributed by atoms with van der Waals surface area (Å²) in [5.74, 6) is 1.33. The van der Waals surface area contributed by atoms with Gasteiger partial charge in [-0.3, -0.25) is 9.59 Å². The van der Waals surface area contributed by atoms with Gasteiger partial charge in [0.15, 0.2) is 0 Å². The van der Waals surface area contributed by atoms with Crippen LogP contribution in [0, 0.1) is 5.92 Å². The van der Waals surface area contributed by atoms with Crippen molar-refractivity contribution in [2.24, 2.45) is 5.92 Å². The Balaban J connectivity index is 1.62. The number of hydrogen-bond acceptors (Lipinski definition) is 3. The highest BCUT2D eigenvalue weighted by atomic mass is 16.5. The first-order valence-corrected chi connectivity index (χ1v) is 14.5. The van der Waals surface area contributed by atoms with Gasteiger partial charge in [-0.15, -0.1) is 0 Å². The summed E-state index contributed by atoms with van der Waals surface area (Å²) in [6.45, 7) is 4.57. The quantitative estimate of drug-likeness (QED) is 0.487. The molecule has 2 fully saturated rings. The molecule has 0 N–H and O–H groups in total. The monoisotopic (exact) mass is 482 g/mol. The zero-order chi connectivity index (χ0) is 24.5. The third-order valence-electron chi connectivity index (χ3n) is 8.31. The van der Waals surface area contributed by atoms with Gasteiger partial charge in [-0.1, -0.05) is 64.0 Å². The lowest BCUT2D eigenvalue weighted by Crippen LogP contribution is -2.52. The second kappa shape index (κ2) is 13.3. The van der Waals surface area contributed by atoms with E-state index in [-0.39, 0.29) is 24.0 Å². The van der Waals surface area contributed by atoms with Crippen LogP contribution in [0.25, 0.3) is 0 Å². The van der Waals surface area contributed by atoms with Crippen LogP contribution in [0.3, 0.4) is 0 Å². The average molecular weight is 483 g/mol. The zero-order valence-electron chi connectivity index (χ0n) is 21.9. The molecule has 35 heavy (non-hydrogen) atoms. The largest absolute Gasteiger partial charge is 0.487 e. The second-order valence-electron chi connectivity index (χ2n) is 10.9. The van der Waals surface area contributed by atoms with E-state index in [2.05, 4.69) is 11.8 Å². The van der Waals surface area contributed by atoms with Crippen LogP contribution in [0.1, 0.15) is 114 Å². The van der Waals surface area contributed by atoms with Crippen LogP contribution in [-0.4, -0.2) is 53.4 Å². The smallest absolute Gasteiger partial charge is 0.257 e. The second-order valence-corrected chi connectivity index (χ2v) is 10.9. The minimum atomic E-state index is -0.0463. The maximum Gasteiger partial charge on any atom is 0.257 e. The predicted octanol–water partition coefficient (Wildman–Crippen LogP) is 6.60. The first kappa shape index (κ1) is 26.0. The van der Waals surface area contributed by atoms with Crippen molar-refractivity contribution < 1.29 is 14.3 Å². The fourth-order valence-electron chi connectivity index (χ4n) is 6.37. The lowest BCUT2D eigenvalue weighted by molar-refractivity contribution is -0.142. The molecule has 1 heterocycles.